The highest BCUT2D eigenvalue weighted by Gasteiger charge is 2.21. The van der Waals surface area contributed by atoms with Crippen molar-refractivity contribution in [2.75, 3.05) is 4.90 Å². The average Bonchev–Trinajstić information content (AvgIpc) is 3.61. The van der Waals surface area contributed by atoms with Crippen LogP contribution >= 0.6 is 0 Å². The summed E-state index contributed by atoms with van der Waals surface area (Å²) in [6, 6.07) is 47.4. The molecule has 0 fully saturated rings. The van der Waals surface area contributed by atoms with Crippen molar-refractivity contribution in [1.82, 2.24) is 4.57 Å². The van der Waals surface area contributed by atoms with Gasteiger partial charge < -0.3 is 19.3 Å². The normalized spacial score (nSPS) is 11.3. The van der Waals surface area contributed by atoms with Crippen molar-refractivity contribution < 1.29 is 4.42 Å². The molecule has 0 bridgehead atoms. The van der Waals surface area contributed by atoms with E-state index >= 15 is 0 Å². The fourth-order valence-electron chi connectivity index (χ4n) is 6.20. The molecule has 0 unspecified atom stereocenters. The molecule has 0 saturated heterocycles. The molecule has 2 heterocycles. The molecule has 8 rings (SSSR count). The second-order valence-electron chi connectivity index (χ2n) is 10.5. The first-order valence-corrected chi connectivity index (χ1v) is 14.1. The Kier molecular flexibility index (Phi) is 5.60. The molecule has 8 aromatic rings. The van der Waals surface area contributed by atoms with E-state index < -0.39 is 0 Å². The van der Waals surface area contributed by atoms with Crippen molar-refractivity contribution in [3.05, 3.63) is 145 Å². The SMILES string of the molecule is N#Cc1cc(C=N)cc(-n2c3ccc(N(c4ccccc4)c4ccccc4)cc3c3c4oc5ccccc5c4ccc32)c1. The molecule has 1 N–H and O–H groups in total. The first-order chi connectivity index (χ1) is 21.2. The molecule has 0 radical (unpaired) electrons. The van der Waals surface area contributed by atoms with E-state index in [1.807, 2.05) is 42.5 Å². The minimum absolute atomic E-state index is 0.506. The quantitative estimate of drug-likeness (QED) is 0.216. The molecular weight excluding hydrogens is 528 g/mol. The third-order valence-corrected chi connectivity index (χ3v) is 8.04. The van der Waals surface area contributed by atoms with Gasteiger partial charge in [-0.25, -0.2) is 0 Å². The van der Waals surface area contributed by atoms with Gasteiger partial charge in [0, 0.05) is 45.1 Å². The number of rotatable bonds is 5. The van der Waals surface area contributed by atoms with Crippen LogP contribution in [0.2, 0.25) is 0 Å². The van der Waals surface area contributed by atoms with Crippen LogP contribution < -0.4 is 4.90 Å². The van der Waals surface area contributed by atoms with E-state index in [9.17, 15) is 5.26 Å². The third-order valence-electron chi connectivity index (χ3n) is 8.04. The third kappa shape index (κ3) is 3.89. The number of nitrogens with zero attached hydrogens (tertiary/aromatic N) is 3. The first kappa shape index (κ1) is 24.7. The molecule has 0 atom stereocenters. The van der Waals surface area contributed by atoms with Crippen LogP contribution in [-0.4, -0.2) is 10.8 Å². The molecular formula is C38H24N4O. The first-order valence-electron chi connectivity index (χ1n) is 14.1. The Labute approximate surface area is 247 Å². The highest BCUT2D eigenvalue weighted by atomic mass is 16.3. The molecule has 0 aliphatic carbocycles. The second-order valence-corrected chi connectivity index (χ2v) is 10.5. The summed E-state index contributed by atoms with van der Waals surface area (Å²) in [7, 11) is 0. The molecule has 6 aromatic carbocycles. The van der Waals surface area contributed by atoms with Crippen LogP contribution in [0.25, 0.3) is 49.4 Å². The molecule has 0 aliphatic rings. The summed E-state index contributed by atoms with van der Waals surface area (Å²) in [4.78, 5) is 2.25. The van der Waals surface area contributed by atoms with Crippen molar-refractivity contribution in [1.29, 1.82) is 10.7 Å². The largest absolute Gasteiger partial charge is 0.455 e. The Morgan fingerprint density at radius 1 is 0.651 bits per heavy atom. The topological polar surface area (TPSA) is 69.0 Å². The highest BCUT2D eigenvalue weighted by Crippen LogP contribution is 2.43. The summed E-state index contributed by atoms with van der Waals surface area (Å²) in [5, 5.41) is 21.9. The molecule has 202 valence electrons. The lowest BCUT2D eigenvalue weighted by atomic mass is 10.1. The van der Waals surface area contributed by atoms with Gasteiger partial charge in [-0.05, 0) is 84.4 Å². The van der Waals surface area contributed by atoms with Gasteiger partial charge >= 0.3 is 0 Å². The van der Waals surface area contributed by atoms with Crippen molar-refractivity contribution in [3.8, 4) is 11.8 Å². The van der Waals surface area contributed by atoms with E-state index in [4.69, 9.17) is 9.83 Å². The molecule has 0 aliphatic heterocycles. The summed E-state index contributed by atoms with van der Waals surface area (Å²) in [5.41, 5.74) is 8.76. The van der Waals surface area contributed by atoms with Gasteiger partial charge in [0.05, 0.1) is 28.1 Å². The number of nitrogens with one attached hydrogen (secondary N) is 1. The van der Waals surface area contributed by atoms with E-state index in [0.717, 1.165) is 66.5 Å². The predicted octanol–water partition coefficient (Wildman–Crippen LogP) is 10.0. The highest BCUT2D eigenvalue weighted by molar-refractivity contribution is 6.24. The number of para-hydroxylation sites is 3. The number of aromatic nitrogens is 1. The molecule has 5 nitrogen and oxygen atoms in total. The number of nitriles is 1. The van der Waals surface area contributed by atoms with Crippen LogP contribution in [-0.2, 0) is 0 Å². The van der Waals surface area contributed by atoms with Crippen molar-refractivity contribution >= 4 is 67.0 Å². The Morgan fingerprint density at radius 2 is 1.35 bits per heavy atom. The van der Waals surface area contributed by atoms with Gasteiger partial charge in [0.1, 0.15) is 11.2 Å². The fourth-order valence-corrected chi connectivity index (χ4v) is 6.20. The van der Waals surface area contributed by atoms with Crippen LogP contribution in [0.5, 0.6) is 0 Å². The molecule has 5 heteroatoms. The summed E-state index contributed by atoms with van der Waals surface area (Å²) < 4.78 is 8.74. The second kappa shape index (κ2) is 9.76. The van der Waals surface area contributed by atoms with Crippen molar-refractivity contribution in [2.24, 2.45) is 0 Å². The zero-order valence-electron chi connectivity index (χ0n) is 23.0. The number of anilines is 3. The summed E-state index contributed by atoms with van der Waals surface area (Å²) in [6.45, 7) is 0. The average molecular weight is 553 g/mol. The molecule has 0 spiro atoms. The Morgan fingerprint density at radius 3 is 2.07 bits per heavy atom. The lowest BCUT2D eigenvalue weighted by Gasteiger charge is -2.25. The number of furan rings is 1. The lowest BCUT2D eigenvalue weighted by molar-refractivity contribution is 0.673. The predicted molar refractivity (Wildman–Crippen MR) is 175 cm³/mol. The number of hydrogen-bond acceptors (Lipinski definition) is 4. The van der Waals surface area contributed by atoms with E-state index in [0.29, 0.717) is 11.1 Å². The van der Waals surface area contributed by atoms with Crippen LogP contribution in [0.1, 0.15) is 11.1 Å². The Balaban J connectivity index is 1.50. The van der Waals surface area contributed by atoms with E-state index in [2.05, 4.69) is 100 Å². The van der Waals surface area contributed by atoms with Crippen LogP contribution in [0.15, 0.2) is 138 Å². The van der Waals surface area contributed by atoms with Gasteiger partial charge in [0.15, 0.2) is 0 Å². The zero-order valence-corrected chi connectivity index (χ0v) is 23.0. The number of benzene rings is 6. The van der Waals surface area contributed by atoms with Gasteiger partial charge in [0.2, 0.25) is 0 Å². The summed E-state index contributed by atoms with van der Waals surface area (Å²) >= 11 is 0. The Bertz CT molecular complexity index is 2340. The monoisotopic (exact) mass is 552 g/mol. The minimum Gasteiger partial charge on any atom is -0.455 e. The van der Waals surface area contributed by atoms with Gasteiger partial charge in [-0.15, -0.1) is 0 Å². The standard InChI is InChI=1S/C38H24N4O/c39-23-25-19-26(24-40)21-30(20-25)42-34-17-15-29(41(27-9-3-1-4-10-27)28-11-5-2-6-12-28)22-33(34)37-35(42)18-16-32-31-13-7-8-14-36(31)43-38(32)37/h1-23,39H. The lowest BCUT2D eigenvalue weighted by Crippen LogP contribution is -2.09. The van der Waals surface area contributed by atoms with E-state index in [1.165, 1.54) is 6.21 Å². The van der Waals surface area contributed by atoms with Crippen LogP contribution in [0.3, 0.4) is 0 Å². The van der Waals surface area contributed by atoms with E-state index in [-0.39, 0.29) is 0 Å². The summed E-state index contributed by atoms with van der Waals surface area (Å²) in [6.07, 6.45) is 1.28. The van der Waals surface area contributed by atoms with Crippen LogP contribution in [0.4, 0.5) is 17.1 Å². The van der Waals surface area contributed by atoms with Gasteiger partial charge in [-0.1, -0.05) is 54.6 Å². The van der Waals surface area contributed by atoms with Gasteiger partial charge in [0.25, 0.3) is 0 Å². The maximum atomic E-state index is 9.79. The zero-order chi connectivity index (χ0) is 28.9. The smallest absolute Gasteiger partial charge is 0.145 e. The van der Waals surface area contributed by atoms with Crippen molar-refractivity contribution in [2.45, 2.75) is 0 Å². The maximum absolute atomic E-state index is 9.79. The molecule has 0 saturated carbocycles. The number of fused-ring (bicyclic) bond motifs is 7. The van der Waals surface area contributed by atoms with Crippen molar-refractivity contribution in [3.63, 3.8) is 0 Å². The van der Waals surface area contributed by atoms with Gasteiger partial charge in [-0.3, -0.25) is 0 Å². The summed E-state index contributed by atoms with van der Waals surface area (Å²) in [5.74, 6) is 0. The fraction of sp³-hybridized carbons (Fsp3) is 0. The molecule has 2 aromatic heterocycles. The minimum atomic E-state index is 0.506. The maximum Gasteiger partial charge on any atom is 0.145 e. The molecule has 0 amide bonds. The molecule has 43 heavy (non-hydrogen) atoms. The van der Waals surface area contributed by atoms with Gasteiger partial charge in [-0.2, -0.15) is 5.26 Å². The van der Waals surface area contributed by atoms with Crippen LogP contribution in [0, 0.1) is 16.7 Å². The number of hydrogen-bond donors (Lipinski definition) is 1. The Hall–Kier alpha value is -6.12. The van der Waals surface area contributed by atoms with E-state index in [1.54, 1.807) is 6.07 Å².